The molecule has 0 saturated carbocycles. The third-order valence-corrected chi connectivity index (χ3v) is 1.92. The highest BCUT2D eigenvalue weighted by atomic mass is 32.1. The second-order valence-electron chi connectivity index (χ2n) is 2.11. The van der Waals surface area contributed by atoms with Crippen LogP contribution < -0.4 is 5.32 Å². The molecule has 56 valence electrons. The third kappa shape index (κ3) is 3.08. The number of hydrogen-bond acceptors (Lipinski definition) is 3. The zero-order valence-corrected chi connectivity index (χ0v) is 7.28. The minimum Gasteiger partial charge on any atom is -0.305 e. The zero-order valence-electron chi connectivity index (χ0n) is 6.39. The molecule has 1 N–H and O–H groups in total. The fourth-order valence-corrected chi connectivity index (χ4v) is 1.03. The molecule has 2 nitrogen and oxygen atoms in total. The van der Waals surface area contributed by atoms with Gasteiger partial charge in [0.25, 0.3) is 0 Å². The average Bonchev–Trinajstić information content (AvgIpc) is 1.90. The van der Waals surface area contributed by atoms with Crippen LogP contribution in [0.4, 0.5) is 0 Å². The average molecular weight is 148 g/mol. The van der Waals surface area contributed by atoms with E-state index in [0.29, 0.717) is 6.17 Å². The first-order valence-electron chi connectivity index (χ1n) is 3.24. The van der Waals surface area contributed by atoms with E-state index in [0.717, 1.165) is 12.3 Å². The topological polar surface area (TPSA) is 15.3 Å². The van der Waals surface area contributed by atoms with Gasteiger partial charge in [0.1, 0.15) is 0 Å². The van der Waals surface area contributed by atoms with Gasteiger partial charge in [0.15, 0.2) is 0 Å². The maximum absolute atomic E-state index is 4.15. The fraction of sp³-hybridized carbons (Fsp3) is 1.00. The molecule has 0 heterocycles. The smallest absolute Gasteiger partial charge is 0.0596 e. The maximum atomic E-state index is 4.15. The molecule has 1 unspecified atom stereocenters. The van der Waals surface area contributed by atoms with Crippen LogP contribution in [0.15, 0.2) is 0 Å². The summed E-state index contributed by atoms with van der Waals surface area (Å²) < 4.78 is 0. The van der Waals surface area contributed by atoms with E-state index in [1.54, 1.807) is 0 Å². The van der Waals surface area contributed by atoms with Crippen molar-refractivity contribution in [3.63, 3.8) is 0 Å². The lowest BCUT2D eigenvalue weighted by Gasteiger charge is -2.24. The molecule has 0 aliphatic carbocycles. The van der Waals surface area contributed by atoms with Crippen molar-refractivity contribution in [3.05, 3.63) is 0 Å². The molecule has 0 fully saturated rings. The lowest BCUT2D eigenvalue weighted by Crippen LogP contribution is -2.40. The summed E-state index contributed by atoms with van der Waals surface area (Å²) in [5.74, 6) is 0.805. The highest BCUT2D eigenvalue weighted by Crippen LogP contribution is 1.96. The number of thiol groups is 1. The molecule has 0 bridgehead atoms. The highest BCUT2D eigenvalue weighted by molar-refractivity contribution is 7.80. The van der Waals surface area contributed by atoms with Crippen molar-refractivity contribution in [1.82, 2.24) is 10.2 Å². The van der Waals surface area contributed by atoms with Crippen LogP contribution in [0.3, 0.4) is 0 Å². The second kappa shape index (κ2) is 5.09. The van der Waals surface area contributed by atoms with Gasteiger partial charge in [0, 0.05) is 5.88 Å². The molecule has 0 aromatic carbocycles. The summed E-state index contributed by atoms with van der Waals surface area (Å²) in [4.78, 5) is 2.16. The highest BCUT2D eigenvalue weighted by Gasteiger charge is 2.05. The monoisotopic (exact) mass is 148 g/mol. The molecule has 0 radical (unpaired) electrons. The predicted octanol–water partition coefficient (Wildman–Crippen LogP) is 0.761. The van der Waals surface area contributed by atoms with E-state index >= 15 is 0 Å². The van der Waals surface area contributed by atoms with Crippen LogP contribution in [0, 0.1) is 0 Å². The van der Waals surface area contributed by atoms with Gasteiger partial charge in [0.05, 0.1) is 6.17 Å². The molecular formula is C6H16N2S. The minimum absolute atomic E-state index is 0.475. The van der Waals surface area contributed by atoms with Gasteiger partial charge in [-0.2, -0.15) is 12.6 Å². The largest absolute Gasteiger partial charge is 0.305 e. The van der Waals surface area contributed by atoms with Crippen molar-refractivity contribution in [3.8, 4) is 0 Å². The van der Waals surface area contributed by atoms with Gasteiger partial charge in [-0.05, 0) is 20.5 Å². The Morgan fingerprint density at radius 2 is 2.22 bits per heavy atom. The van der Waals surface area contributed by atoms with Crippen molar-refractivity contribution >= 4 is 12.6 Å². The first-order chi connectivity index (χ1) is 4.26. The molecule has 3 heteroatoms. The van der Waals surface area contributed by atoms with Crippen LogP contribution in [0.2, 0.25) is 0 Å². The molecule has 0 aromatic rings. The molecule has 0 amide bonds. The van der Waals surface area contributed by atoms with Crippen LogP contribution in [0.25, 0.3) is 0 Å². The summed E-state index contributed by atoms with van der Waals surface area (Å²) in [7, 11) is 4.02. The molecule has 0 rings (SSSR count). The predicted molar refractivity (Wildman–Crippen MR) is 44.8 cm³/mol. The van der Waals surface area contributed by atoms with Crippen LogP contribution >= 0.6 is 12.6 Å². The Morgan fingerprint density at radius 1 is 1.67 bits per heavy atom. The van der Waals surface area contributed by atoms with Gasteiger partial charge in [-0.3, -0.25) is 4.90 Å². The number of nitrogens with one attached hydrogen (secondary N) is 1. The number of rotatable bonds is 4. The number of hydrogen-bond donors (Lipinski definition) is 2. The summed E-state index contributed by atoms with van der Waals surface area (Å²) in [5.41, 5.74) is 0. The normalized spacial score (nSPS) is 14.3. The Bertz CT molecular complexity index is 64.1. The quantitative estimate of drug-likeness (QED) is 0.452. The van der Waals surface area contributed by atoms with Crippen molar-refractivity contribution < 1.29 is 0 Å². The van der Waals surface area contributed by atoms with E-state index in [9.17, 15) is 0 Å². The van der Waals surface area contributed by atoms with E-state index in [1.807, 2.05) is 7.05 Å². The summed E-state index contributed by atoms with van der Waals surface area (Å²) in [6.45, 7) is 2.15. The standard InChI is InChI=1S/C6H16N2S/c1-4-6(7-2)8(3)5-9/h6-7,9H,4-5H2,1-3H3. The summed E-state index contributed by atoms with van der Waals surface area (Å²) >= 11 is 4.15. The minimum atomic E-state index is 0.475. The van der Waals surface area contributed by atoms with Crippen LogP contribution in [-0.4, -0.2) is 31.0 Å². The first-order valence-corrected chi connectivity index (χ1v) is 3.87. The zero-order chi connectivity index (χ0) is 7.28. The van der Waals surface area contributed by atoms with E-state index < -0.39 is 0 Å². The molecule has 0 aromatic heterocycles. The summed E-state index contributed by atoms with van der Waals surface area (Å²) in [5, 5.41) is 3.18. The van der Waals surface area contributed by atoms with Gasteiger partial charge in [0.2, 0.25) is 0 Å². The lowest BCUT2D eigenvalue weighted by atomic mass is 10.3. The Labute approximate surface area is 63.0 Å². The molecule has 0 saturated heterocycles. The summed E-state index contributed by atoms with van der Waals surface area (Å²) in [6, 6.07) is 0. The van der Waals surface area contributed by atoms with Crippen LogP contribution in [0.5, 0.6) is 0 Å². The third-order valence-electron chi connectivity index (χ3n) is 1.48. The van der Waals surface area contributed by atoms with Crippen molar-refractivity contribution in [2.45, 2.75) is 19.5 Å². The SMILES string of the molecule is CCC(NC)N(C)CS. The molecule has 1 atom stereocenters. The Kier molecular flexibility index (Phi) is 5.24. The first kappa shape index (κ1) is 9.27. The van der Waals surface area contributed by atoms with Crippen LogP contribution in [0.1, 0.15) is 13.3 Å². The van der Waals surface area contributed by atoms with Gasteiger partial charge in [-0.15, -0.1) is 0 Å². The number of nitrogens with zero attached hydrogens (tertiary/aromatic N) is 1. The Balaban J connectivity index is 3.50. The van der Waals surface area contributed by atoms with Crippen LogP contribution in [-0.2, 0) is 0 Å². The van der Waals surface area contributed by atoms with E-state index in [2.05, 4.69) is 36.8 Å². The molecular weight excluding hydrogens is 132 g/mol. The van der Waals surface area contributed by atoms with Gasteiger partial charge in [-0.25, -0.2) is 0 Å². The molecule has 0 spiro atoms. The Hall–Kier alpha value is 0.270. The Morgan fingerprint density at radius 3 is 2.33 bits per heavy atom. The molecule has 0 aliphatic rings. The van der Waals surface area contributed by atoms with Gasteiger partial charge >= 0.3 is 0 Å². The maximum Gasteiger partial charge on any atom is 0.0596 e. The summed E-state index contributed by atoms with van der Waals surface area (Å²) in [6.07, 6.45) is 1.59. The molecule has 0 aliphatic heterocycles. The second-order valence-corrected chi connectivity index (χ2v) is 2.39. The van der Waals surface area contributed by atoms with Crippen molar-refractivity contribution in [2.75, 3.05) is 20.0 Å². The van der Waals surface area contributed by atoms with Crippen molar-refractivity contribution in [2.24, 2.45) is 0 Å². The van der Waals surface area contributed by atoms with Gasteiger partial charge < -0.3 is 5.32 Å². The van der Waals surface area contributed by atoms with Crippen molar-refractivity contribution in [1.29, 1.82) is 0 Å². The lowest BCUT2D eigenvalue weighted by molar-refractivity contribution is 0.243. The van der Waals surface area contributed by atoms with E-state index in [-0.39, 0.29) is 0 Å². The van der Waals surface area contributed by atoms with E-state index in [4.69, 9.17) is 0 Å². The van der Waals surface area contributed by atoms with E-state index in [1.165, 1.54) is 0 Å². The molecule has 9 heavy (non-hydrogen) atoms. The fourth-order valence-electron chi connectivity index (χ4n) is 0.835. The van der Waals surface area contributed by atoms with Gasteiger partial charge in [-0.1, -0.05) is 6.92 Å².